The highest BCUT2D eigenvalue weighted by atomic mass is 16.5. The van der Waals surface area contributed by atoms with E-state index >= 15 is 0 Å². The second kappa shape index (κ2) is 9.76. The minimum absolute atomic E-state index is 0.0323. The zero-order valence-electron chi connectivity index (χ0n) is 18.0. The summed E-state index contributed by atoms with van der Waals surface area (Å²) in [6, 6.07) is 14.6. The van der Waals surface area contributed by atoms with Gasteiger partial charge >= 0.3 is 0 Å². The van der Waals surface area contributed by atoms with E-state index in [1.165, 1.54) is 0 Å². The first-order valence-corrected chi connectivity index (χ1v) is 10.2. The van der Waals surface area contributed by atoms with Gasteiger partial charge in [-0.25, -0.2) is 0 Å². The van der Waals surface area contributed by atoms with Crippen LogP contribution >= 0.6 is 0 Å². The van der Waals surface area contributed by atoms with Crippen molar-refractivity contribution in [2.24, 2.45) is 11.8 Å². The number of amides is 1. The molecule has 0 bridgehead atoms. The van der Waals surface area contributed by atoms with Gasteiger partial charge in [0.05, 0.1) is 32.2 Å². The number of hydrogen-bond acceptors (Lipinski definition) is 5. The van der Waals surface area contributed by atoms with E-state index in [4.69, 9.17) is 14.2 Å². The van der Waals surface area contributed by atoms with E-state index in [1.807, 2.05) is 37.3 Å². The Morgan fingerprint density at radius 3 is 2.37 bits per heavy atom. The molecule has 1 amide bonds. The topological polar surface area (TPSA) is 65.1 Å². The molecule has 0 aromatic heterocycles. The van der Waals surface area contributed by atoms with E-state index in [9.17, 15) is 9.59 Å². The third kappa shape index (κ3) is 4.19. The SMILES string of the molecule is CCCN1C[C@@H](C(=O)c2ccccc2)[C@H](C(OC)c2ccc(OC)c(OC)c2)C1=O. The first-order valence-electron chi connectivity index (χ1n) is 10.2. The minimum Gasteiger partial charge on any atom is -0.493 e. The summed E-state index contributed by atoms with van der Waals surface area (Å²) in [6.45, 7) is 3.05. The second-order valence-electron chi connectivity index (χ2n) is 7.42. The summed E-state index contributed by atoms with van der Waals surface area (Å²) in [5.74, 6) is -0.0167. The fourth-order valence-electron chi connectivity index (χ4n) is 4.22. The molecule has 0 spiro atoms. The number of rotatable bonds is 9. The lowest BCUT2D eigenvalue weighted by atomic mass is 9.82. The highest BCUT2D eigenvalue weighted by Gasteiger charge is 2.48. The van der Waals surface area contributed by atoms with Crippen LogP contribution in [0.3, 0.4) is 0 Å². The molecule has 160 valence electrons. The van der Waals surface area contributed by atoms with E-state index < -0.39 is 17.9 Å². The fourth-order valence-corrected chi connectivity index (χ4v) is 4.22. The van der Waals surface area contributed by atoms with Crippen molar-refractivity contribution in [3.05, 3.63) is 59.7 Å². The molecule has 0 radical (unpaired) electrons. The van der Waals surface area contributed by atoms with Gasteiger partial charge in [0.25, 0.3) is 0 Å². The van der Waals surface area contributed by atoms with Gasteiger partial charge in [0.2, 0.25) is 5.91 Å². The number of nitrogens with zero attached hydrogens (tertiary/aromatic N) is 1. The maximum atomic E-state index is 13.3. The number of carbonyl (C=O) groups is 2. The summed E-state index contributed by atoms with van der Waals surface area (Å²) in [5.41, 5.74) is 1.39. The minimum atomic E-state index is -0.604. The molecule has 1 saturated heterocycles. The molecule has 6 nitrogen and oxygen atoms in total. The van der Waals surface area contributed by atoms with Gasteiger partial charge in [0.1, 0.15) is 0 Å². The van der Waals surface area contributed by atoms with Crippen LogP contribution in [0.15, 0.2) is 48.5 Å². The smallest absolute Gasteiger partial charge is 0.229 e. The van der Waals surface area contributed by atoms with Gasteiger partial charge in [-0.3, -0.25) is 9.59 Å². The largest absolute Gasteiger partial charge is 0.493 e. The lowest BCUT2D eigenvalue weighted by Crippen LogP contribution is -2.32. The normalized spacial score (nSPS) is 19.6. The van der Waals surface area contributed by atoms with Gasteiger partial charge in [-0.2, -0.15) is 0 Å². The van der Waals surface area contributed by atoms with E-state index in [0.717, 1.165) is 12.0 Å². The van der Waals surface area contributed by atoms with Crippen LogP contribution in [0.4, 0.5) is 0 Å². The Morgan fingerprint density at radius 2 is 1.77 bits per heavy atom. The lowest BCUT2D eigenvalue weighted by molar-refractivity contribution is -0.135. The van der Waals surface area contributed by atoms with Crippen LogP contribution < -0.4 is 9.47 Å². The Labute approximate surface area is 177 Å². The number of Topliss-reactive ketones (excluding diaryl/α,β-unsaturated/α-hetero) is 1. The van der Waals surface area contributed by atoms with E-state index in [1.54, 1.807) is 44.4 Å². The summed E-state index contributed by atoms with van der Waals surface area (Å²) in [5, 5.41) is 0. The van der Waals surface area contributed by atoms with Crippen molar-refractivity contribution < 1.29 is 23.8 Å². The Morgan fingerprint density at radius 1 is 1.07 bits per heavy atom. The lowest BCUT2D eigenvalue weighted by Gasteiger charge is -2.26. The van der Waals surface area contributed by atoms with Crippen LogP contribution in [0, 0.1) is 11.8 Å². The van der Waals surface area contributed by atoms with Gasteiger partial charge in [0.15, 0.2) is 17.3 Å². The Kier molecular flexibility index (Phi) is 7.11. The average molecular weight is 411 g/mol. The summed E-state index contributed by atoms with van der Waals surface area (Å²) in [7, 11) is 4.71. The zero-order valence-corrected chi connectivity index (χ0v) is 18.0. The van der Waals surface area contributed by atoms with Crippen molar-refractivity contribution in [1.29, 1.82) is 0 Å². The predicted molar refractivity (Wildman–Crippen MR) is 114 cm³/mol. The first kappa shape index (κ1) is 21.8. The molecule has 1 aliphatic heterocycles. The van der Waals surface area contributed by atoms with Crippen molar-refractivity contribution in [1.82, 2.24) is 4.90 Å². The summed E-state index contributed by atoms with van der Waals surface area (Å²) in [4.78, 5) is 28.5. The maximum absolute atomic E-state index is 13.3. The Balaban J connectivity index is 2.01. The van der Waals surface area contributed by atoms with Gasteiger partial charge < -0.3 is 19.1 Å². The number of benzene rings is 2. The van der Waals surface area contributed by atoms with Gasteiger partial charge in [-0.05, 0) is 24.1 Å². The third-order valence-corrected chi connectivity index (χ3v) is 5.65. The number of likely N-dealkylation sites (tertiary alicyclic amines) is 1. The summed E-state index contributed by atoms with van der Waals surface area (Å²) < 4.78 is 16.6. The quantitative estimate of drug-likeness (QED) is 0.588. The van der Waals surface area contributed by atoms with Gasteiger partial charge in [-0.1, -0.05) is 43.3 Å². The van der Waals surface area contributed by atoms with E-state index in [0.29, 0.717) is 30.2 Å². The van der Waals surface area contributed by atoms with E-state index in [-0.39, 0.29) is 11.7 Å². The van der Waals surface area contributed by atoms with Crippen LogP contribution in [-0.4, -0.2) is 51.0 Å². The number of carbonyl (C=O) groups excluding carboxylic acids is 2. The molecule has 1 fully saturated rings. The van der Waals surface area contributed by atoms with Gasteiger partial charge in [0, 0.05) is 25.8 Å². The highest BCUT2D eigenvalue weighted by Crippen LogP contribution is 2.41. The number of methoxy groups -OCH3 is 3. The zero-order chi connectivity index (χ0) is 21.7. The summed E-state index contributed by atoms with van der Waals surface area (Å²) >= 11 is 0. The first-order chi connectivity index (χ1) is 14.5. The molecule has 1 heterocycles. The number of ether oxygens (including phenoxy) is 3. The standard InChI is InChI=1S/C24H29NO5/c1-5-13-25-15-18(22(26)16-9-7-6-8-10-16)21(24(25)27)23(30-4)17-11-12-19(28-2)20(14-17)29-3/h6-12,14,18,21,23H,5,13,15H2,1-4H3/t18-,21-,23?/m1/s1. The molecule has 1 aliphatic rings. The molecule has 0 N–H and O–H groups in total. The van der Waals surface area contributed by atoms with Crippen molar-refractivity contribution in [3.8, 4) is 11.5 Å². The molecular formula is C24H29NO5. The molecule has 0 saturated carbocycles. The van der Waals surface area contributed by atoms with Crippen LogP contribution in [0.5, 0.6) is 11.5 Å². The van der Waals surface area contributed by atoms with Crippen LogP contribution in [0.25, 0.3) is 0 Å². The van der Waals surface area contributed by atoms with Crippen molar-refractivity contribution in [2.45, 2.75) is 19.4 Å². The molecule has 30 heavy (non-hydrogen) atoms. The Bertz CT molecular complexity index is 882. The van der Waals surface area contributed by atoms with E-state index in [2.05, 4.69) is 0 Å². The van der Waals surface area contributed by atoms with Crippen LogP contribution in [0.1, 0.15) is 35.4 Å². The molecule has 2 aromatic carbocycles. The van der Waals surface area contributed by atoms with Crippen LogP contribution in [-0.2, 0) is 9.53 Å². The van der Waals surface area contributed by atoms with Crippen molar-refractivity contribution in [3.63, 3.8) is 0 Å². The maximum Gasteiger partial charge on any atom is 0.229 e. The molecule has 3 rings (SSSR count). The fraction of sp³-hybridized carbons (Fsp3) is 0.417. The van der Waals surface area contributed by atoms with Gasteiger partial charge in [-0.15, -0.1) is 0 Å². The molecule has 6 heteroatoms. The molecule has 1 unspecified atom stereocenters. The molecule has 3 atom stereocenters. The second-order valence-corrected chi connectivity index (χ2v) is 7.42. The van der Waals surface area contributed by atoms with Crippen molar-refractivity contribution in [2.75, 3.05) is 34.4 Å². The monoisotopic (exact) mass is 411 g/mol. The van der Waals surface area contributed by atoms with Crippen molar-refractivity contribution >= 4 is 11.7 Å². The predicted octanol–water partition coefficient (Wildman–Crippen LogP) is 3.76. The molecular weight excluding hydrogens is 382 g/mol. The number of hydrogen-bond donors (Lipinski definition) is 0. The molecule has 2 aromatic rings. The average Bonchev–Trinajstić information content (AvgIpc) is 3.10. The Hall–Kier alpha value is -2.86. The van der Waals surface area contributed by atoms with Crippen LogP contribution in [0.2, 0.25) is 0 Å². The summed E-state index contributed by atoms with van der Waals surface area (Å²) in [6.07, 6.45) is 0.260. The molecule has 0 aliphatic carbocycles. The third-order valence-electron chi connectivity index (χ3n) is 5.65. The number of ketones is 1. The highest BCUT2D eigenvalue weighted by molar-refractivity contribution is 6.02.